The zero-order chi connectivity index (χ0) is 4.28. The summed E-state index contributed by atoms with van der Waals surface area (Å²) in [6.07, 6.45) is 0. The van der Waals surface area contributed by atoms with Gasteiger partial charge in [0, 0.05) is 0 Å². The van der Waals surface area contributed by atoms with E-state index in [4.69, 9.17) is 0 Å². The van der Waals surface area contributed by atoms with E-state index in [9.17, 15) is 9.18 Å². The van der Waals surface area contributed by atoms with Crippen molar-refractivity contribution in [3.05, 3.63) is 0 Å². The van der Waals surface area contributed by atoms with E-state index in [0.29, 0.717) is 0 Å². The number of halogens is 1. The Hall–Kier alpha value is 0.119. The topological polar surface area (TPSA) is 17.1 Å². The zero-order valence-electron chi connectivity index (χ0n) is 2.40. The Kier molecular flexibility index (Phi) is 2.42. The molecule has 0 N–H and O–H groups in total. The van der Waals surface area contributed by atoms with Gasteiger partial charge in [-0.05, 0) is 0 Å². The van der Waals surface area contributed by atoms with E-state index >= 15 is 0 Å². The third-order valence-electron chi connectivity index (χ3n) is 0.109. The number of hydrogen-bond donors (Lipinski definition) is 0. The number of hydrogen-bond acceptors (Lipinski definition) is 1. The van der Waals surface area contributed by atoms with Gasteiger partial charge in [0.25, 0.3) is 0 Å². The second-order valence-electron chi connectivity index (χ2n) is 0.506. The molecule has 0 atom stereocenters. The van der Waals surface area contributed by atoms with Crippen molar-refractivity contribution in [1.29, 1.82) is 0 Å². The average molecular weight is 140 g/mol. The van der Waals surface area contributed by atoms with Crippen LogP contribution in [0.1, 0.15) is 0 Å². The molecular formula is C2H2FOSe. The summed E-state index contributed by atoms with van der Waals surface area (Å²) in [6.45, 7) is -0.889. The molecule has 0 aromatic heterocycles. The normalized spacial score (nSPS) is 7.40. The first-order valence-corrected chi connectivity index (χ1v) is 1.89. The Labute approximate surface area is 37.4 Å². The van der Waals surface area contributed by atoms with Gasteiger partial charge in [0.05, 0.1) is 0 Å². The summed E-state index contributed by atoms with van der Waals surface area (Å²) in [4.78, 5) is 9.38. The maximum atomic E-state index is 10.7. The zero-order valence-corrected chi connectivity index (χ0v) is 4.11. The monoisotopic (exact) mass is 141 g/mol. The Morgan fingerprint density at radius 1 is 2.00 bits per heavy atom. The van der Waals surface area contributed by atoms with Crippen LogP contribution in [-0.2, 0) is 4.79 Å². The Bertz CT molecular complexity index is 44.9. The van der Waals surface area contributed by atoms with Crippen molar-refractivity contribution in [3.8, 4) is 0 Å². The molecule has 0 fully saturated rings. The molecule has 3 heteroatoms. The average Bonchev–Trinajstić information content (AvgIpc) is 1.38. The van der Waals surface area contributed by atoms with E-state index in [1.165, 1.54) is 0 Å². The summed E-state index contributed by atoms with van der Waals surface area (Å²) in [6, 6.07) is 0. The second kappa shape index (κ2) is 2.36. The van der Waals surface area contributed by atoms with E-state index < -0.39 is 11.4 Å². The fourth-order valence-corrected chi connectivity index (χ4v) is 0. The van der Waals surface area contributed by atoms with Gasteiger partial charge in [0.15, 0.2) is 0 Å². The molecule has 0 heterocycles. The van der Waals surface area contributed by atoms with Crippen LogP contribution < -0.4 is 0 Å². The standard InChI is InChI=1S/C2H2FOSe/c3-1-2(4)5/h1H2. The predicted octanol–water partition coefficient (Wildman–Crippen LogP) is -0.349. The van der Waals surface area contributed by atoms with Gasteiger partial charge < -0.3 is 0 Å². The minimum absolute atomic E-state index is 0.537. The van der Waals surface area contributed by atoms with Gasteiger partial charge in [-0.2, -0.15) is 0 Å². The summed E-state index contributed by atoms with van der Waals surface area (Å²) in [5, 5.41) is 0. The minimum atomic E-state index is -0.889. The summed E-state index contributed by atoms with van der Waals surface area (Å²) >= 11 is 1.98. The number of alkyl halides is 1. The Morgan fingerprint density at radius 3 is 2.20 bits per heavy atom. The molecule has 29 valence electrons. The van der Waals surface area contributed by atoms with Crippen molar-refractivity contribution in [2.45, 2.75) is 0 Å². The molecule has 0 unspecified atom stereocenters. The van der Waals surface area contributed by atoms with E-state index in [1.54, 1.807) is 0 Å². The van der Waals surface area contributed by atoms with Gasteiger partial charge in [0.2, 0.25) is 0 Å². The van der Waals surface area contributed by atoms with Crippen LogP contribution in [0.15, 0.2) is 0 Å². The van der Waals surface area contributed by atoms with Crippen LogP contribution in [0, 0.1) is 0 Å². The van der Waals surface area contributed by atoms with Gasteiger partial charge in [0.1, 0.15) is 0 Å². The number of carbonyl (C=O) groups is 1. The van der Waals surface area contributed by atoms with Crippen LogP contribution in [0.25, 0.3) is 0 Å². The van der Waals surface area contributed by atoms with E-state index in [1.807, 2.05) is 16.0 Å². The van der Waals surface area contributed by atoms with Crippen LogP contribution in [0.5, 0.6) is 0 Å². The van der Waals surface area contributed by atoms with Crippen LogP contribution in [0.3, 0.4) is 0 Å². The quantitative estimate of drug-likeness (QED) is 0.455. The molecule has 0 saturated carbocycles. The maximum absolute atomic E-state index is 10.7. The SMILES string of the molecule is O=C([Se])CF. The molecule has 0 aromatic carbocycles. The molecule has 0 rings (SSSR count). The van der Waals surface area contributed by atoms with Gasteiger partial charge in [-0.15, -0.1) is 0 Å². The fraction of sp³-hybridized carbons (Fsp3) is 0.500. The first-order chi connectivity index (χ1) is 2.27. The van der Waals surface area contributed by atoms with E-state index in [-0.39, 0.29) is 0 Å². The fourth-order valence-electron chi connectivity index (χ4n) is 0. The summed E-state index contributed by atoms with van der Waals surface area (Å²) in [7, 11) is 0. The van der Waals surface area contributed by atoms with Gasteiger partial charge in [-0.3, -0.25) is 0 Å². The third-order valence-corrected chi connectivity index (χ3v) is 0.338. The molecule has 1 radical (unpaired) electrons. The van der Waals surface area contributed by atoms with Crippen molar-refractivity contribution in [2.75, 3.05) is 6.67 Å². The Morgan fingerprint density at radius 2 is 2.20 bits per heavy atom. The van der Waals surface area contributed by atoms with E-state index in [0.717, 1.165) is 0 Å². The van der Waals surface area contributed by atoms with Gasteiger partial charge >= 0.3 is 36.6 Å². The van der Waals surface area contributed by atoms with Crippen LogP contribution in [0.4, 0.5) is 4.39 Å². The molecule has 5 heavy (non-hydrogen) atoms. The molecular weight excluding hydrogens is 138 g/mol. The molecule has 0 amide bonds. The summed E-state index contributed by atoms with van der Waals surface area (Å²) in [5.74, 6) is 0. The Balaban J connectivity index is 2.85. The van der Waals surface area contributed by atoms with Crippen LogP contribution in [0.2, 0.25) is 0 Å². The van der Waals surface area contributed by atoms with Gasteiger partial charge in [-0.25, -0.2) is 0 Å². The molecule has 0 aromatic rings. The molecule has 0 saturated heterocycles. The number of carbonyl (C=O) groups excluding carboxylic acids is 1. The van der Waals surface area contributed by atoms with Crippen molar-refractivity contribution in [3.63, 3.8) is 0 Å². The molecule has 0 aliphatic rings. The van der Waals surface area contributed by atoms with Crippen LogP contribution in [-0.4, -0.2) is 27.4 Å². The first-order valence-electron chi connectivity index (χ1n) is 1.03. The van der Waals surface area contributed by atoms with Crippen molar-refractivity contribution >= 4 is 20.7 Å². The third kappa shape index (κ3) is 4.12. The summed E-state index contributed by atoms with van der Waals surface area (Å²) in [5.41, 5.74) is 0. The molecule has 0 aliphatic carbocycles. The van der Waals surface area contributed by atoms with E-state index in [2.05, 4.69) is 0 Å². The molecule has 0 aliphatic heterocycles. The number of rotatable bonds is 1. The van der Waals surface area contributed by atoms with Crippen molar-refractivity contribution in [1.82, 2.24) is 0 Å². The predicted molar refractivity (Wildman–Crippen MR) is 16.7 cm³/mol. The molecule has 0 spiro atoms. The van der Waals surface area contributed by atoms with Crippen LogP contribution >= 0.6 is 0 Å². The molecule has 1 nitrogen and oxygen atoms in total. The second-order valence-corrected chi connectivity index (χ2v) is 1.46. The van der Waals surface area contributed by atoms with Gasteiger partial charge in [-0.1, -0.05) is 0 Å². The molecule has 0 bridgehead atoms. The first kappa shape index (κ1) is 5.12. The summed E-state index contributed by atoms with van der Waals surface area (Å²) < 4.78 is 10.2. The van der Waals surface area contributed by atoms with Crippen molar-refractivity contribution in [2.24, 2.45) is 0 Å². The van der Waals surface area contributed by atoms with Crippen molar-refractivity contribution < 1.29 is 9.18 Å².